The molecule has 0 saturated heterocycles. The van der Waals surface area contributed by atoms with E-state index in [2.05, 4.69) is 28.1 Å². The molecule has 3 aromatic rings. The predicted molar refractivity (Wildman–Crippen MR) is 100 cm³/mol. The highest BCUT2D eigenvalue weighted by Crippen LogP contribution is 2.22. The highest BCUT2D eigenvalue weighted by molar-refractivity contribution is 9.10. The Morgan fingerprint density at radius 3 is 2.54 bits per heavy atom. The Morgan fingerprint density at radius 2 is 1.79 bits per heavy atom. The molecule has 4 heteroatoms. The van der Waals surface area contributed by atoms with E-state index in [1.54, 1.807) is 12.0 Å². The third-order valence-electron chi connectivity index (χ3n) is 3.95. The van der Waals surface area contributed by atoms with E-state index in [9.17, 15) is 4.79 Å². The molecule has 3 aromatic carbocycles. The zero-order chi connectivity index (χ0) is 17.1. The van der Waals surface area contributed by atoms with Gasteiger partial charge in [-0.05, 0) is 52.7 Å². The van der Waals surface area contributed by atoms with Crippen LogP contribution < -0.4 is 4.74 Å². The maximum atomic E-state index is 12.5. The highest BCUT2D eigenvalue weighted by atomic mass is 79.9. The molecule has 122 valence electrons. The van der Waals surface area contributed by atoms with E-state index in [4.69, 9.17) is 4.74 Å². The number of fused-ring (bicyclic) bond motifs is 1. The topological polar surface area (TPSA) is 29.5 Å². The van der Waals surface area contributed by atoms with Gasteiger partial charge >= 0.3 is 0 Å². The molecule has 0 radical (unpaired) electrons. The second-order valence-electron chi connectivity index (χ2n) is 5.72. The summed E-state index contributed by atoms with van der Waals surface area (Å²) in [6, 6.07) is 19.7. The van der Waals surface area contributed by atoms with Gasteiger partial charge in [0.05, 0.1) is 7.11 Å². The molecular formula is C20H18BrNO2. The summed E-state index contributed by atoms with van der Waals surface area (Å²) in [6.07, 6.45) is 0. The van der Waals surface area contributed by atoms with Gasteiger partial charge in [0.25, 0.3) is 5.91 Å². The number of nitrogens with zero attached hydrogens (tertiary/aromatic N) is 1. The van der Waals surface area contributed by atoms with Gasteiger partial charge in [-0.2, -0.15) is 0 Å². The summed E-state index contributed by atoms with van der Waals surface area (Å²) in [5.41, 5.74) is 1.77. The average Bonchev–Trinajstić information content (AvgIpc) is 2.60. The van der Waals surface area contributed by atoms with Crippen LogP contribution in [0.15, 0.2) is 65.1 Å². The molecule has 0 aliphatic carbocycles. The lowest BCUT2D eigenvalue weighted by molar-refractivity contribution is 0.0785. The molecule has 0 heterocycles. The summed E-state index contributed by atoms with van der Waals surface area (Å²) in [5.74, 6) is 0.850. The fourth-order valence-electron chi connectivity index (χ4n) is 2.69. The first kappa shape index (κ1) is 16.5. The van der Waals surface area contributed by atoms with Crippen LogP contribution in [0.5, 0.6) is 5.75 Å². The zero-order valence-corrected chi connectivity index (χ0v) is 15.2. The standard InChI is InChI=1S/C20H18BrNO2/c1-22(20(23)17-4-3-5-18(21)11-17)13-14-6-7-16-12-19(24-2)9-8-15(16)10-14/h3-12H,13H2,1-2H3. The molecule has 3 rings (SSSR count). The lowest BCUT2D eigenvalue weighted by atomic mass is 10.1. The molecule has 0 spiro atoms. The Morgan fingerprint density at radius 1 is 1.04 bits per heavy atom. The van der Waals surface area contributed by atoms with Gasteiger partial charge in [0.15, 0.2) is 0 Å². The molecule has 0 aliphatic rings. The van der Waals surface area contributed by atoms with Crippen molar-refractivity contribution < 1.29 is 9.53 Å². The Bertz CT molecular complexity index is 892. The van der Waals surface area contributed by atoms with Crippen molar-refractivity contribution in [3.05, 3.63) is 76.3 Å². The smallest absolute Gasteiger partial charge is 0.253 e. The van der Waals surface area contributed by atoms with E-state index in [-0.39, 0.29) is 5.91 Å². The minimum absolute atomic E-state index is 0.00567. The molecule has 0 aromatic heterocycles. The number of amides is 1. The van der Waals surface area contributed by atoms with Gasteiger partial charge < -0.3 is 9.64 Å². The summed E-state index contributed by atoms with van der Waals surface area (Å²) >= 11 is 3.40. The Balaban J connectivity index is 1.79. The largest absolute Gasteiger partial charge is 0.497 e. The van der Waals surface area contributed by atoms with Crippen LogP contribution in [0.4, 0.5) is 0 Å². The maximum absolute atomic E-state index is 12.5. The van der Waals surface area contributed by atoms with Crippen molar-refractivity contribution in [1.29, 1.82) is 0 Å². The van der Waals surface area contributed by atoms with Crippen molar-refractivity contribution in [3.8, 4) is 5.75 Å². The number of hydrogen-bond donors (Lipinski definition) is 0. The lowest BCUT2D eigenvalue weighted by Gasteiger charge is -2.18. The van der Waals surface area contributed by atoms with Gasteiger partial charge in [0.1, 0.15) is 5.75 Å². The molecule has 0 fully saturated rings. The summed E-state index contributed by atoms with van der Waals surface area (Å²) in [6.45, 7) is 0.563. The van der Waals surface area contributed by atoms with Crippen molar-refractivity contribution in [2.45, 2.75) is 6.54 Å². The fraction of sp³-hybridized carbons (Fsp3) is 0.150. The van der Waals surface area contributed by atoms with Crippen LogP contribution in [-0.2, 0) is 6.54 Å². The van der Waals surface area contributed by atoms with Crippen LogP contribution in [0.2, 0.25) is 0 Å². The third-order valence-corrected chi connectivity index (χ3v) is 4.44. The van der Waals surface area contributed by atoms with E-state index < -0.39 is 0 Å². The fourth-order valence-corrected chi connectivity index (χ4v) is 3.09. The van der Waals surface area contributed by atoms with Crippen LogP contribution in [0.3, 0.4) is 0 Å². The minimum atomic E-state index is 0.00567. The van der Waals surface area contributed by atoms with Gasteiger partial charge in [0.2, 0.25) is 0 Å². The molecule has 0 atom stereocenters. The SMILES string of the molecule is COc1ccc2cc(CN(C)C(=O)c3cccc(Br)c3)ccc2c1. The second kappa shape index (κ2) is 7.05. The van der Waals surface area contributed by atoms with Crippen LogP contribution >= 0.6 is 15.9 Å². The first-order valence-corrected chi connectivity index (χ1v) is 8.44. The van der Waals surface area contributed by atoms with Gasteiger partial charge in [-0.1, -0.05) is 40.2 Å². The molecule has 0 saturated carbocycles. The number of halogens is 1. The molecule has 0 unspecified atom stereocenters. The molecule has 1 amide bonds. The van der Waals surface area contributed by atoms with Crippen LogP contribution in [0.25, 0.3) is 10.8 Å². The van der Waals surface area contributed by atoms with Crippen molar-refractivity contribution >= 4 is 32.6 Å². The third kappa shape index (κ3) is 3.60. The van der Waals surface area contributed by atoms with Crippen LogP contribution in [0.1, 0.15) is 15.9 Å². The van der Waals surface area contributed by atoms with E-state index in [0.29, 0.717) is 12.1 Å². The van der Waals surface area contributed by atoms with E-state index >= 15 is 0 Å². The minimum Gasteiger partial charge on any atom is -0.497 e. The van der Waals surface area contributed by atoms with Gasteiger partial charge in [0, 0.05) is 23.6 Å². The van der Waals surface area contributed by atoms with Crippen molar-refractivity contribution in [2.75, 3.05) is 14.2 Å². The van der Waals surface area contributed by atoms with E-state index in [1.807, 2.05) is 55.6 Å². The Labute approximate surface area is 150 Å². The van der Waals surface area contributed by atoms with E-state index in [1.165, 1.54) is 0 Å². The number of ether oxygens (including phenoxy) is 1. The maximum Gasteiger partial charge on any atom is 0.253 e. The van der Waals surface area contributed by atoms with Crippen molar-refractivity contribution in [3.63, 3.8) is 0 Å². The summed E-state index contributed by atoms with van der Waals surface area (Å²) in [4.78, 5) is 14.3. The quantitative estimate of drug-likeness (QED) is 0.642. The average molecular weight is 384 g/mol. The lowest BCUT2D eigenvalue weighted by Crippen LogP contribution is -2.26. The molecule has 0 aliphatic heterocycles. The number of carbonyl (C=O) groups is 1. The van der Waals surface area contributed by atoms with Crippen molar-refractivity contribution in [2.24, 2.45) is 0 Å². The number of methoxy groups -OCH3 is 1. The van der Waals surface area contributed by atoms with Gasteiger partial charge in [-0.3, -0.25) is 4.79 Å². The first-order valence-electron chi connectivity index (χ1n) is 7.64. The van der Waals surface area contributed by atoms with Gasteiger partial charge in [-0.25, -0.2) is 0 Å². The highest BCUT2D eigenvalue weighted by Gasteiger charge is 2.12. The van der Waals surface area contributed by atoms with Gasteiger partial charge in [-0.15, -0.1) is 0 Å². The number of rotatable bonds is 4. The van der Waals surface area contributed by atoms with Crippen LogP contribution in [0, 0.1) is 0 Å². The number of hydrogen-bond acceptors (Lipinski definition) is 2. The van der Waals surface area contributed by atoms with Crippen LogP contribution in [-0.4, -0.2) is 25.0 Å². The van der Waals surface area contributed by atoms with E-state index in [0.717, 1.165) is 26.6 Å². The number of carbonyl (C=O) groups excluding carboxylic acids is 1. The Kier molecular flexibility index (Phi) is 4.86. The number of benzene rings is 3. The molecule has 24 heavy (non-hydrogen) atoms. The molecular weight excluding hydrogens is 366 g/mol. The normalized spacial score (nSPS) is 10.6. The summed E-state index contributed by atoms with van der Waals surface area (Å²) in [5, 5.41) is 2.26. The summed E-state index contributed by atoms with van der Waals surface area (Å²) in [7, 11) is 3.49. The van der Waals surface area contributed by atoms with Crippen molar-refractivity contribution in [1.82, 2.24) is 4.90 Å². The zero-order valence-electron chi connectivity index (χ0n) is 13.6. The second-order valence-corrected chi connectivity index (χ2v) is 6.63. The molecule has 0 N–H and O–H groups in total. The molecule has 3 nitrogen and oxygen atoms in total. The summed E-state index contributed by atoms with van der Waals surface area (Å²) < 4.78 is 6.15. The first-order chi connectivity index (χ1) is 11.6. The monoisotopic (exact) mass is 383 g/mol. The Hall–Kier alpha value is -2.33. The molecule has 0 bridgehead atoms. The predicted octanol–water partition coefficient (Wildman–Crippen LogP) is 4.88.